The Morgan fingerprint density at radius 3 is 2.25 bits per heavy atom. The summed E-state index contributed by atoms with van der Waals surface area (Å²) in [6, 6.07) is 0.206. The van der Waals surface area contributed by atoms with Crippen LogP contribution in [0, 0.1) is 5.92 Å². The van der Waals surface area contributed by atoms with E-state index in [0.29, 0.717) is 5.92 Å². The highest BCUT2D eigenvalue weighted by atomic mass is 32.2. The number of carboxylic acid groups (broad SMARTS) is 1. The van der Waals surface area contributed by atoms with Gasteiger partial charge in [0.1, 0.15) is 0 Å². The van der Waals surface area contributed by atoms with E-state index in [4.69, 9.17) is 5.11 Å². The lowest BCUT2D eigenvalue weighted by Gasteiger charge is -2.26. The number of aliphatic carboxylic acids is 1. The Hall–Kier alpha value is -0.710. The van der Waals surface area contributed by atoms with Crippen LogP contribution in [-0.2, 0) is 9.59 Å². The average Bonchev–Trinajstić information content (AvgIpc) is 2.14. The normalized spacial score (nSPS) is 12.6. The molecule has 0 aliphatic rings. The van der Waals surface area contributed by atoms with E-state index >= 15 is 0 Å². The van der Waals surface area contributed by atoms with Crippen LogP contribution in [0.3, 0.4) is 0 Å². The second-order valence-corrected chi connectivity index (χ2v) is 5.36. The Morgan fingerprint density at radius 2 is 1.81 bits per heavy atom. The molecule has 5 heteroatoms. The van der Waals surface area contributed by atoms with Crippen LogP contribution in [0.2, 0.25) is 0 Å². The quantitative estimate of drug-likeness (QED) is 0.744. The highest BCUT2D eigenvalue weighted by Gasteiger charge is 2.16. The van der Waals surface area contributed by atoms with Gasteiger partial charge in [-0.2, -0.15) is 0 Å². The van der Waals surface area contributed by atoms with Crippen LogP contribution in [-0.4, -0.2) is 46.5 Å². The van der Waals surface area contributed by atoms with Gasteiger partial charge in [-0.15, -0.1) is 11.8 Å². The number of thioether (sulfide) groups is 1. The predicted octanol–water partition coefficient (Wildman–Crippen LogP) is 1.70. The zero-order chi connectivity index (χ0) is 12.7. The summed E-state index contributed by atoms with van der Waals surface area (Å²) in [5, 5.41) is 8.45. The molecule has 94 valence electrons. The molecule has 1 amide bonds. The minimum Gasteiger partial charge on any atom is -0.481 e. The Kier molecular flexibility index (Phi) is 7.21. The van der Waals surface area contributed by atoms with Crippen LogP contribution in [0.4, 0.5) is 0 Å². The molecule has 0 aliphatic heterocycles. The second-order valence-electron chi connectivity index (χ2n) is 4.37. The van der Waals surface area contributed by atoms with E-state index in [0.717, 1.165) is 18.2 Å². The minimum absolute atomic E-state index is 0.000556. The lowest BCUT2D eigenvalue weighted by Crippen LogP contribution is -2.37. The van der Waals surface area contributed by atoms with Gasteiger partial charge >= 0.3 is 5.97 Å². The number of nitrogens with zero attached hydrogens (tertiary/aromatic N) is 1. The van der Waals surface area contributed by atoms with Crippen molar-refractivity contribution in [3.8, 4) is 0 Å². The molecule has 0 aromatic rings. The van der Waals surface area contributed by atoms with Gasteiger partial charge in [0.25, 0.3) is 0 Å². The molecule has 0 bridgehead atoms. The molecule has 1 atom stereocenters. The molecule has 0 radical (unpaired) electrons. The summed E-state index contributed by atoms with van der Waals surface area (Å²) in [4.78, 5) is 23.6. The first kappa shape index (κ1) is 15.3. The third-order valence-corrected chi connectivity index (χ3v) is 3.22. The topological polar surface area (TPSA) is 57.6 Å². The smallest absolute Gasteiger partial charge is 0.313 e. The predicted molar refractivity (Wildman–Crippen MR) is 66.6 cm³/mol. The maximum atomic E-state index is 11.7. The summed E-state index contributed by atoms with van der Waals surface area (Å²) in [6.45, 7) is 6.25. The van der Waals surface area contributed by atoms with Crippen LogP contribution < -0.4 is 0 Å². The van der Waals surface area contributed by atoms with E-state index in [1.54, 1.807) is 11.9 Å². The molecule has 0 fully saturated rings. The monoisotopic (exact) mass is 247 g/mol. The lowest BCUT2D eigenvalue weighted by molar-refractivity contribution is -0.133. The van der Waals surface area contributed by atoms with Crippen LogP contribution >= 0.6 is 11.8 Å². The Morgan fingerprint density at radius 1 is 1.25 bits per heavy atom. The second kappa shape index (κ2) is 7.54. The SMILES string of the molecule is CC(C)CC(C)N(C)C(=O)CSCC(=O)O. The molecule has 1 N–H and O–H groups in total. The van der Waals surface area contributed by atoms with Crippen LogP contribution in [0.15, 0.2) is 0 Å². The van der Waals surface area contributed by atoms with Crippen molar-refractivity contribution in [1.29, 1.82) is 0 Å². The first-order valence-electron chi connectivity index (χ1n) is 5.39. The van der Waals surface area contributed by atoms with Crippen molar-refractivity contribution in [3.63, 3.8) is 0 Å². The van der Waals surface area contributed by atoms with Crippen LogP contribution in [0.1, 0.15) is 27.2 Å². The molecule has 16 heavy (non-hydrogen) atoms. The fraction of sp³-hybridized carbons (Fsp3) is 0.818. The zero-order valence-electron chi connectivity index (χ0n) is 10.4. The van der Waals surface area contributed by atoms with Crippen molar-refractivity contribution in [1.82, 2.24) is 4.90 Å². The number of hydrogen-bond donors (Lipinski definition) is 1. The van der Waals surface area contributed by atoms with E-state index < -0.39 is 5.97 Å². The maximum absolute atomic E-state index is 11.7. The summed E-state index contributed by atoms with van der Waals surface area (Å²) in [6.07, 6.45) is 0.964. The average molecular weight is 247 g/mol. The maximum Gasteiger partial charge on any atom is 0.313 e. The van der Waals surface area contributed by atoms with E-state index in [-0.39, 0.29) is 23.5 Å². The number of carbonyl (C=O) groups excluding carboxylic acids is 1. The Labute approximate surface area is 101 Å². The highest BCUT2D eigenvalue weighted by Crippen LogP contribution is 2.11. The number of amides is 1. The molecular formula is C11H21NO3S. The van der Waals surface area contributed by atoms with Gasteiger partial charge in [-0.25, -0.2) is 0 Å². The van der Waals surface area contributed by atoms with Gasteiger partial charge in [0.05, 0.1) is 11.5 Å². The summed E-state index contributed by atoms with van der Waals surface area (Å²) in [7, 11) is 1.77. The van der Waals surface area contributed by atoms with Gasteiger partial charge < -0.3 is 10.0 Å². The summed E-state index contributed by atoms with van der Waals surface area (Å²) in [5.74, 6) is -0.101. The van der Waals surface area contributed by atoms with Gasteiger partial charge in [-0.3, -0.25) is 9.59 Å². The highest BCUT2D eigenvalue weighted by molar-refractivity contribution is 8.00. The fourth-order valence-electron chi connectivity index (χ4n) is 1.41. The summed E-state index contributed by atoms with van der Waals surface area (Å²) in [5.41, 5.74) is 0. The van der Waals surface area contributed by atoms with Gasteiger partial charge in [0.2, 0.25) is 5.91 Å². The third-order valence-electron chi connectivity index (χ3n) is 2.32. The fourth-order valence-corrected chi connectivity index (χ4v) is 2.07. The first-order chi connectivity index (χ1) is 7.34. The molecule has 1 unspecified atom stereocenters. The van der Waals surface area contributed by atoms with Crippen molar-refractivity contribution in [3.05, 3.63) is 0 Å². The molecule has 0 aliphatic carbocycles. The molecule has 0 saturated carbocycles. The molecule has 0 aromatic carbocycles. The Balaban J connectivity index is 3.93. The van der Waals surface area contributed by atoms with Gasteiger partial charge in [0, 0.05) is 13.1 Å². The summed E-state index contributed by atoms with van der Waals surface area (Å²) < 4.78 is 0. The standard InChI is InChI=1S/C11H21NO3S/c1-8(2)5-9(3)12(4)10(13)6-16-7-11(14)15/h8-9H,5-7H2,1-4H3,(H,14,15). The largest absolute Gasteiger partial charge is 0.481 e. The minimum atomic E-state index is -0.879. The van der Waals surface area contributed by atoms with E-state index in [1.807, 2.05) is 6.92 Å². The van der Waals surface area contributed by atoms with Gasteiger partial charge in [-0.1, -0.05) is 13.8 Å². The molecule has 0 spiro atoms. The van der Waals surface area contributed by atoms with E-state index in [2.05, 4.69) is 13.8 Å². The molecule has 0 aromatic heterocycles. The van der Waals surface area contributed by atoms with Gasteiger partial charge in [0.15, 0.2) is 0 Å². The molecule has 4 nitrogen and oxygen atoms in total. The van der Waals surface area contributed by atoms with Crippen molar-refractivity contribution < 1.29 is 14.7 Å². The third kappa shape index (κ3) is 6.71. The van der Waals surface area contributed by atoms with Gasteiger partial charge in [-0.05, 0) is 19.3 Å². The van der Waals surface area contributed by atoms with E-state index in [1.165, 1.54) is 0 Å². The van der Waals surface area contributed by atoms with Crippen LogP contribution in [0.5, 0.6) is 0 Å². The van der Waals surface area contributed by atoms with Crippen molar-refractivity contribution >= 4 is 23.6 Å². The number of rotatable bonds is 7. The number of hydrogen-bond acceptors (Lipinski definition) is 3. The van der Waals surface area contributed by atoms with Crippen molar-refractivity contribution in [2.24, 2.45) is 5.92 Å². The summed E-state index contributed by atoms with van der Waals surface area (Å²) >= 11 is 1.14. The van der Waals surface area contributed by atoms with Crippen LogP contribution in [0.25, 0.3) is 0 Å². The van der Waals surface area contributed by atoms with Crippen molar-refractivity contribution in [2.75, 3.05) is 18.6 Å². The van der Waals surface area contributed by atoms with E-state index in [9.17, 15) is 9.59 Å². The first-order valence-corrected chi connectivity index (χ1v) is 6.55. The molecule has 0 rings (SSSR count). The number of carbonyl (C=O) groups is 2. The molecule has 0 heterocycles. The molecular weight excluding hydrogens is 226 g/mol. The lowest BCUT2D eigenvalue weighted by atomic mass is 10.0. The Bertz CT molecular complexity index is 243. The number of carboxylic acids is 1. The molecule has 0 saturated heterocycles. The van der Waals surface area contributed by atoms with Crippen molar-refractivity contribution in [2.45, 2.75) is 33.2 Å². The zero-order valence-corrected chi connectivity index (χ0v) is 11.2.